The van der Waals surface area contributed by atoms with E-state index in [1.807, 2.05) is 0 Å². The van der Waals surface area contributed by atoms with Crippen molar-refractivity contribution in [2.75, 3.05) is 32.1 Å². The van der Waals surface area contributed by atoms with Crippen LogP contribution >= 0.6 is 15.9 Å². The molecule has 0 heterocycles. The highest BCUT2D eigenvalue weighted by atomic mass is 79.9. The van der Waals surface area contributed by atoms with Gasteiger partial charge in [0.1, 0.15) is 0 Å². The number of hydrogen-bond donors (Lipinski definition) is 0. The van der Waals surface area contributed by atoms with Crippen molar-refractivity contribution in [1.82, 2.24) is 4.90 Å². The summed E-state index contributed by atoms with van der Waals surface area (Å²) in [6.07, 6.45) is 9.65. The van der Waals surface area contributed by atoms with E-state index in [1.54, 1.807) is 7.11 Å². The van der Waals surface area contributed by atoms with E-state index in [0.29, 0.717) is 6.04 Å². The number of halogens is 1. The minimum Gasteiger partial charge on any atom is -0.383 e. The van der Waals surface area contributed by atoms with Crippen LogP contribution in [0.25, 0.3) is 0 Å². The van der Waals surface area contributed by atoms with E-state index in [1.165, 1.54) is 51.5 Å². The minimum absolute atomic E-state index is 0.555. The molecule has 3 heteroatoms. The van der Waals surface area contributed by atoms with Crippen molar-refractivity contribution in [2.45, 2.75) is 64.8 Å². The van der Waals surface area contributed by atoms with Gasteiger partial charge >= 0.3 is 0 Å². The average Bonchev–Trinajstić information content (AvgIpc) is 2.37. The van der Waals surface area contributed by atoms with Crippen molar-refractivity contribution < 1.29 is 4.74 Å². The van der Waals surface area contributed by atoms with Crippen molar-refractivity contribution in [3.05, 3.63) is 0 Å². The van der Waals surface area contributed by atoms with Gasteiger partial charge in [-0.25, -0.2) is 0 Å². The zero-order valence-electron chi connectivity index (χ0n) is 12.6. The van der Waals surface area contributed by atoms with Crippen LogP contribution in [0.4, 0.5) is 0 Å². The summed E-state index contributed by atoms with van der Waals surface area (Å²) in [5, 5.41) is 1.16. The van der Waals surface area contributed by atoms with Crippen LogP contribution in [-0.4, -0.2) is 43.1 Å². The summed E-state index contributed by atoms with van der Waals surface area (Å²) in [5.74, 6) is 0. The summed E-state index contributed by atoms with van der Waals surface area (Å²) in [4.78, 5) is 2.52. The van der Waals surface area contributed by atoms with Gasteiger partial charge in [0.2, 0.25) is 0 Å². The molecule has 1 unspecified atom stereocenters. The molecule has 0 aromatic heterocycles. The normalized spacial score (nSPS) is 13.2. The second kappa shape index (κ2) is 13.8. The number of methoxy groups -OCH3 is 1. The standard InChI is InChI=1S/C15H32BrNO/c1-4-17(15(2)14-18-3)13-11-9-7-5-6-8-10-12-16/h15H,4-14H2,1-3H3. The second-order valence-electron chi connectivity index (χ2n) is 5.10. The van der Waals surface area contributed by atoms with Crippen molar-refractivity contribution in [2.24, 2.45) is 0 Å². The van der Waals surface area contributed by atoms with Crippen LogP contribution in [0.15, 0.2) is 0 Å². The summed E-state index contributed by atoms with van der Waals surface area (Å²) in [6, 6.07) is 0.555. The molecule has 0 saturated carbocycles. The first kappa shape index (κ1) is 18.4. The van der Waals surface area contributed by atoms with E-state index in [-0.39, 0.29) is 0 Å². The highest BCUT2D eigenvalue weighted by Crippen LogP contribution is 2.09. The summed E-state index contributed by atoms with van der Waals surface area (Å²) in [5.41, 5.74) is 0. The predicted molar refractivity (Wildman–Crippen MR) is 84.7 cm³/mol. The van der Waals surface area contributed by atoms with Gasteiger partial charge in [-0.05, 0) is 32.9 Å². The number of alkyl halides is 1. The fourth-order valence-corrected chi connectivity index (χ4v) is 2.73. The molecule has 0 aliphatic carbocycles. The molecule has 18 heavy (non-hydrogen) atoms. The zero-order chi connectivity index (χ0) is 13.6. The van der Waals surface area contributed by atoms with Gasteiger partial charge in [0.25, 0.3) is 0 Å². The van der Waals surface area contributed by atoms with E-state index in [2.05, 4.69) is 34.7 Å². The number of hydrogen-bond acceptors (Lipinski definition) is 2. The molecule has 0 aromatic rings. The Morgan fingerprint density at radius 1 is 1.00 bits per heavy atom. The highest BCUT2D eigenvalue weighted by Gasteiger charge is 2.10. The Bertz CT molecular complexity index is 167. The van der Waals surface area contributed by atoms with Gasteiger partial charge in [0.15, 0.2) is 0 Å². The predicted octanol–water partition coefficient (Wildman–Crippen LogP) is 4.47. The number of nitrogens with zero attached hydrogens (tertiary/aromatic N) is 1. The van der Waals surface area contributed by atoms with Crippen molar-refractivity contribution in [3.63, 3.8) is 0 Å². The van der Waals surface area contributed by atoms with E-state index >= 15 is 0 Å². The maximum Gasteiger partial charge on any atom is 0.0615 e. The lowest BCUT2D eigenvalue weighted by Gasteiger charge is -2.27. The third-order valence-corrected chi connectivity index (χ3v) is 4.08. The third kappa shape index (κ3) is 10.3. The summed E-state index contributed by atoms with van der Waals surface area (Å²) in [7, 11) is 1.79. The Kier molecular flexibility index (Phi) is 14.1. The molecule has 1 atom stereocenters. The second-order valence-corrected chi connectivity index (χ2v) is 5.89. The molecule has 0 aliphatic heterocycles. The first-order valence-electron chi connectivity index (χ1n) is 7.55. The largest absolute Gasteiger partial charge is 0.383 e. The van der Waals surface area contributed by atoms with Crippen LogP contribution in [0.5, 0.6) is 0 Å². The van der Waals surface area contributed by atoms with Crippen LogP contribution in [0, 0.1) is 0 Å². The monoisotopic (exact) mass is 321 g/mol. The van der Waals surface area contributed by atoms with E-state index < -0.39 is 0 Å². The number of likely N-dealkylation sites (N-methyl/N-ethyl adjacent to an activating group) is 1. The Morgan fingerprint density at radius 2 is 1.56 bits per heavy atom. The third-order valence-electron chi connectivity index (χ3n) is 3.52. The number of unbranched alkanes of at least 4 members (excludes halogenated alkanes) is 6. The molecule has 0 aromatic carbocycles. The molecule has 110 valence electrons. The van der Waals surface area contributed by atoms with Gasteiger partial charge in [0.05, 0.1) is 6.61 Å². The van der Waals surface area contributed by atoms with Gasteiger partial charge in [-0.1, -0.05) is 55.0 Å². The summed E-state index contributed by atoms with van der Waals surface area (Å²) >= 11 is 3.48. The molecular weight excluding hydrogens is 290 g/mol. The Labute approximate surface area is 123 Å². The van der Waals surface area contributed by atoms with Gasteiger partial charge in [-0.3, -0.25) is 4.90 Å². The van der Waals surface area contributed by atoms with Crippen molar-refractivity contribution in [3.8, 4) is 0 Å². The van der Waals surface area contributed by atoms with E-state index in [0.717, 1.165) is 18.5 Å². The average molecular weight is 322 g/mol. The molecule has 0 saturated heterocycles. The molecule has 0 bridgehead atoms. The lowest BCUT2D eigenvalue weighted by Crippen LogP contribution is -2.36. The molecule has 0 fully saturated rings. The maximum absolute atomic E-state index is 5.22. The van der Waals surface area contributed by atoms with E-state index in [9.17, 15) is 0 Å². The number of rotatable bonds is 13. The minimum atomic E-state index is 0.555. The molecule has 0 amide bonds. The van der Waals surface area contributed by atoms with Crippen molar-refractivity contribution in [1.29, 1.82) is 0 Å². The fraction of sp³-hybridized carbons (Fsp3) is 1.00. The van der Waals surface area contributed by atoms with Gasteiger partial charge in [-0.2, -0.15) is 0 Å². The molecular formula is C15H32BrNO. The maximum atomic E-state index is 5.22. The fourth-order valence-electron chi connectivity index (χ4n) is 2.33. The smallest absolute Gasteiger partial charge is 0.0615 e. The summed E-state index contributed by atoms with van der Waals surface area (Å²) < 4.78 is 5.22. The Hall–Kier alpha value is 0.400. The zero-order valence-corrected chi connectivity index (χ0v) is 14.2. The van der Waals surface area contributed by atoms with Gasteiger partial charge < -0.3 is 4.74 Å². The van der Waals surface area contributed by atoms with Gasteiger partial charge in [0, 0.05) is 18.5 Å². The molecule has 0 spiro atoms. The molecule has 2 nitrogen and oxygen atoms in total. The van der Waals surface area contributed by atoms with Crippen molar-refractivity contribution >= 4 is 15.9 Å². The topological polar surface area (TPSA) is 12.5 Å². The van der Waals surface area contributed by atoms with E-state index in [4.69, 9.17) is 4.74 Å². The van der Waals surface area contributed by atoms with Crippen LogP contribution in [0.2, 0.25) is 0 Å². The summed E-state index contributed by atoms with van der Waals surface area (Å²) in [6.45, 7) is 7.71. The van der Waals surface area contributed by atoms with Crippen LogP contribution in [0.3, 0.4) is 0 Å². The first-order valence-corrected chi connectivity index (χ1v) is 8.67. The SMILES string of the molecule is CCN(CCCCCCCCCBr)C(C)COC. The Balaban J connectivity index is 3.39. The lowest BCUT2D eigenvalue weighted by molar-refractivity contribution is 0.101. The van der Waals surface area contributed by atoms with Crippen LogP contribution < -0.4 is 0 Å². The van der Waals surface area contributed by atoms with Gasteiger partial charge in [-0.15, -0.1) is 0 Å². The quantitative estimate of drug-likeness (QED) is 0.366. The molecule has 0 rings (SSSR count). The first-order chi connectivity index (χ1) is 8.76. The Morgan fingerprint density at radius 3 is 2.06 bits per heavy atom. The molecule has 0 radical (unpaired) electrons. The molecule has 0 N–H and O–H groups in total. The number of ether oxygens (including phenoxy) is 1. The van der Waals surface area contributed by atoms with Crippen LogP contribution in [-0.2, 0) is 4.74 Å². The highest BCUT2D eigenvalue weighted by molar-refractivity contribution is 9.09. The molecule has 0 aliphatic rings. The lowest BCUT2D eigenvalue weighted by atomic mass is 10.1. The van der Waals surface area contributed by atoms with Crippen LogP contribution in [0.1, 0.15) is 58.8 Å².